The summed E-state index contributed by atoms with van der Waals surface area (Å²) in [4.78, 5) is 2.32. The van der Waals surface area contributed by atoms with E-state index < -0.39 is 0 Å². The molecule has 1 aromatic carbocycles. The minimum Gasteiger partial charge on any atom is -0.384 e. The van der Waals surface area contributed by atoms with Gasteiger partial charge in [-0.15, -0.1) is 0 Å². The maximum atomic E-state index is 13.2. The minimum atomic E-state index is -0.171. The molecule has 94 valence electrons. The summed E-state index contributed by atoms with van der Waals surface area (Å²) in [6.45, 7) is 2.83. The summed E-state index contributed by atoms with van der Waals surface area (Å²) in [5, 5.41) is 0.686. The molecule has 4 heteroatoms. The van der Waals surface area contributed by atoms with Gasteiger partial charge in [0.1, 0.15) is 5.82 Å². The topological polar surface area (TPSA) is 12.5 Å². The highest BCUT2D eigenvalue weighted by Crippen LogP contribution is 2.29. The lowest BCUT2D eigenvalue weighted by molar-refractivity contribution is 0.161. The number of hydrogen-bond acceptors (Lipinski definition) is 2. The van der Waals surface area contributed by atoms with Crippen molar-refractivity contribution in [1.82, 2.24) is 0 Å². The second kappa shape index (κ2) is 5.83. The largest absolute Gasteiger partial charge is 0.384 e. The summed E-state index contributed by atoms with van der Waals surface area (Å²) >= 11 is 3.42. The molecule has 0 aromatic heterocycles. The predicted molar refractivity (Wildman–Crippen MR) is 71.2 cm³/mol. The van der Waals surface area contributed by atoms with Gasteiger partial charge in [-0.2, -0.15) is 0 Å². The van der Waals surface area contributed by atoms with E-state index in [9.17, 15) is 4.39 Å². The summed E-state index contributed by atoms with van der Waals surface area (Å²) in [6.07, 6.45) is 1.15. The highest BCUT2D eigenvalue weighted by atomic mass is 79.9. The second-order valence-electron chi connectivity index (χ2n) is 4.46. The minimum absolute atomic E-state index is 0.171. The third kappa shape index (κ3) is 2.99. The number of benzene rings is 1. The quantitative estimate of drug-likeness (QED) is 0.792. The Bertz CT molecular complexity index is 386. The van der Waals surface area contributed by atoms with Crippen LogP contribution in [-0.4, -0.2) is 26.8 Å². The number of nitrogens with zero attached hydrogens (tertiary/aromatic N) is 1. The van der Waals surface area contributed by atoms with Crippen LogP contribution >= 0.6 is 15.9 Å². The van der Waals surface area contributed by atoms with E-state index in [4.69, 9.17) is 4.74 Å². The normalized spacial score (nSPS) is 19.9. The van der Waals surface area contributed by atoms with Gasteiger partial charge >= 0.3 is 0 Å². The average Bonchev–Trinajstić information content (AvgIpc) is 2.78. The molecular formula is C13H17BrFNO. The van der Waals surface area contributed by atoms with Crippen molar-refractivity contribution in [3.8, 4) is 0 Å². The molecule has 1 aliphatic rings. The smallest absolute Gasteiger partial charge is 0.123 e. The van der Waals surface area contributed by atoms with E-state index in [-0.39, 0.29) is 5.82 Å². The molecule has 0 saturated carbocycles. The van der Waals surface area contributed by atoms with Crippen LogP contribution < -0.4 is 4.90 Å². The Labute approximate surface area is 110 Å². The average molecular weight is 302 g/mol. The van der Waals surface area contributed by atoms with Crippen molar-refractivity contribution in [2.24, 2.45) is 5.92 Å². The molecule has 1 atom stereocenters. The van der Waals surface area contributed by atoms with E-state index in [1.807, 2.05) is 6.07 Å². The highest BCUT2D eigenvalue weighted by molar-refractivity contribution is 9.08. The van der Waals surface area contributed by atoms with Gasteiger partial charge in [-0.3, -0.25) is 0 Å². The van der Waals surface area contributed by atoms with Crippen molar-refractivity contribution in [3.05, 3.63) is 29.6 Å². The van der Waals surface area contributed by atoms with Crippen LogP contribution in [0.25, 0.3) is 0 Å². The van der Waals surface area contributed by atoms with E-state index in [2.05, 4.69) is 20.8 Å². The van der Waals surface area contributed by atoms with Crippen LogP contribution in [0.15, 0.2) is 18.2 Å². The first-order valence-electron chi connectivity index (χ1n) is 5.83. The molecule has 1 unspecified atom stereocenters. The standard InChI is InChI=1S/C13H17BrFNO/c1-17-9-10-4-5-16(8-10)13-3-2-12(15)6-11(13)7-14/h2-3,6,10H,4-5,7-9H2,1H3. The number of ether oxygens (including phenoxy) is 1. The van der Waals surface area contributed by atoms with Gasteiger partial charge in [-0.05, 0) is 30.2 Å². The van der Waals surface area contributed by atoms with Gasteiger partial charge in [0.2, 0.25) is 0 Å². The zero-order valence-corrected chi connectivity index (χ0v) is 11.5. The van der Waals surface area contributed by atoms with Crippen LogP contribution in [-0.2, 0) is 10.1 Å². The molecule has 2 rings (SSSR count). The van der Waals surface area contributed by atoms with Gasteiger partial charge in [0.15, 0.2) is 0 Å². The van der Waals surface area contributed by atoms with Gasteiger partial charge in [0.25, 0.3) is 0 Å². The van der Waals surface area contributed by atoms with Gasteiger partial charge in [-0.1, -0.05) is 15.9 Å². The molecule has 1 heterocycles. The van der Waals surface area contributed by atoms with Crippen LogP contribution in [0.3, 0.4) is 0 Å². The third-order valence-electron chi connectivity index (χ3n) is 3.21. The lowest BCUT2D eigenvalue weighted by Crippen LogP contribution is -2.22. The zero-order chi connectivity index (χ0) is 12.3. The van der Waals surface area contributed by atoms with Crippen molar-refractivity contribution >= 4 is 21.6 Å². The molecule has 1 saturated heterocycles. The third-order valence-corrected chi connectivity index (χ3v) is 3.82. The van der Waals surface area contributed by atoms with Gasteiger partial charge in [-0.25, -0.2) is 4.39 Å². The fourth-order valence-electron chi connectivity index (χ4n) is 2.39. The summed E-state index contributed by atoms with van der Waals surface area (Å²) in [6, 6.07) is 5.01. The zero-order valence-electron chi connectivity index (χ0n) is 9.96. The van der Waals surface area contributed by atoms with Crippen molar-refractivity contribution in [1.29, 1.82) is 0 Å². The molecule has 1 fully saturated rings. The molecule has 1 aromatic rings. The van der Waals surface area contributed by atoms with Gasteiger partial charge in [0.05, 0.1) is 6.61 Å². The molecule has 0 bridgehead atoms. The number of halogens is 2. The van der Waals surface area contributed by atoms with Crippen LogP contribution in [0.1, 0.15) is 12.0 Å². The first-order chi connectivity index (χ1) is 8.24. The predicted octanol–water partition coefficient (Wildman–Crippen LogP) is 3.19. The van der Waals surface area contributed by atoms with Crippen molar-refractivity contribution in [3.63, 3.8) is 0 Å². The Hall–Kier alpha value is -0.610. The molecule has 0 N–H and O–H groups in total. The molecule has 1 aliphatic heterocycles. The van der Waals surface area contributed by atoms with Crippen LogP contribution in [0.4, 0.5) is 10.1 Å². The highest BCUT2D eigenvalue weighted by Gasteiger charge is 2.23. The van der Waals surface area contributed by atoms with Crippen LogP contribution in [0.2, 0.25) is 0 Å². The summed E-state index contributed by atoms with van der Waals surface area (Å²) < 4.78 is 18.3. The van der Waals surface area contributed by atoms with Crippen molar-refractivity contribution in [2.45, 2.75) is 11.8 Å². The molecule has 0 spiro atoms. The maximum absolute atomic E-state index is 13.2. The van der Waals surface area contributed by atoms with E-state index in [1.165, 1.54) is 6.07 Å². The Morgan fingerprint density at radius 3 is 3.06 bits per heavy atom. The fourth-order valence-corrected chi connectivity index (χ4v) is 2.84. The Morgan fingerprint density at radius 2 is 2.35 bits per heavy atom. The number of alkyl halides is 1. The van der Waals surface area contributed by atoms with Crippen LogP contribution in [0, 0.1) is 11.7 Å². The van der Waals surface area contributed by atoms with E-state index >= 15 is 0 Å². The molecular weight excluding hydrogens is 285 g/mol. The molecule has 0 aliphatic carbocycles. The second-order valence-corrected chi connectivity index (χ2v) is 5.02. The van der Waals surface area contributed by atoms with E-state index in [1.54, 1.807) is 13.2 Å². The van der Waals surface area contributed by atoms with Gasteiger partial charge < -0.3 is 9.64 Å². The number of methoxy groups -OCH3 is 1. The molecule has 17 heavy (non-hydrogen) atoms. The molecule has 0 amide bonds. The van der Waals surface area contributed by atoms with E-state index in [0.717, 1.165) is 37.4 Å². The maximum Gasteiger partial charge on any atom is 0.123 e. The number of hydrogen-bond donors (Lipinski definition) is 0. The molecule has 2 nitrogen and oxygen atoms in total. The first kappa shape index (κ1) is 12.8. The van der Waals surface area contributed by atoms with Crippen molar-refractivity contribution < 1.29 is 9.13 Å². The summed E-state index contributed by atoms with van der Waals surface area (Å²) in [5.74, 6) is 0.420. The Balaban J connectivity index is 2.12. The Morgan fingerprint density at radius 1 is 1.53 bits per heavy atom. The van der Waals surface area contributed by atoms with E-state index in [0.29, 0.717) is 11.2 Å². The lowest BCUT2D eigenvalue weighted by Gasteiger charge is -2.21. The first-order valence-corrected chi connectivity index (χ1v) is 6.95. The van der Waals surface area contributed by atoms with Gasteiger partial charge in [0, 0.05) is 37.1 Å². The SMILES string of the molecule is COCC1CCN(c2ccc(F)cc2CBr)C1. The van der Waals surface area contributed by atoms with Crippen LogP contribution in [0.5, 0.6) is 0 Å². The van der Waals surface area contributed by atoms with Crippen molar-refractivity contribution in [2.75, 3.05) is 31.7 Å². The Kier molecular flexibility index (Phi) is 4.40. The number of rotatable bonds is 4. The molecule has 0 radical (unpaired) electrons. The summed E-state index contributed by atoms with van der Waals surface area (Å²) in [5.41, 5.74) is 2.16. The monoisotopic (exact) mass is 301 g/mol. The summed E-state index contributed by atoms with van der Waals surface area (Å²) in [7, 11) is 1.74. The lowest BCUT2D eigenvalue weighted by atomic mass is 10.1. The fraction of sp³-hybridized carbons (Fsp3) is 0.538. The number of anilines is 1.